The van der Waals surface area contributed by atoms with Crippen molar-refractivity contribution in [1.29, 1.82) is 0 Å². The van der Waals surface area contributed by atoms with Crippen LogP contribution < -0.4 is 0 Å². The summed E-state index contributed by atoms with van der Waals surface area (Å²) in [6, 6.07) is 12.8. The molecule has 0 atom stereocenters. The monoisotopic (exact) mass is 423 g/mol. The Morgan fingerprint density at radius 3 is 2.43 bits per heavy atom. The van der Waals surface area contributed by atoms with E-state index < -0.39 is 9.84 Å². The van der Waals surface area contributed by atoms with Gasteiger partial charge >= 0.3 is 0 Å². The van der Waals surface area contributed by atoms with Gasteiger partial charge in [-0.2, -0.15) is 0 Å². The summed E-state index contributed by atoms with van der Waals surface area (Å²) in [5.74, 6) is -0.167. The fraction of sp³-hybridized carbons (Fsp3) is 0.304. The molecule has 1 amide bonds. The molecule has 2 heterocycles. The lowest BCUT2D eigenvalue weighted by atomic mass is 10.1. The van der Waals surface area contributed by atoms with Gasteiger partial charge in [0.05, 0.1) is 11.4 Å². The van der Waals surface area contributed by atoms with Crippen LogP contribution in [0.5, 0.6) is 0 Å². The molecule has 0 radical (unpaired) electrons. The van der Waals surface area contributed by atoms with Gasteiger partial charge in [-0.3, -0.25) is 9.36 Å². The summed E-state index contributed by atoms with van der Waals surface area (Å²) in [4.78, 5) is 18.5. The topological polar surface area (TPSA) is 72.3 Å². The van der Waals surface area contributed by atoms with Gasteiger partial charge in [0.1, 0.15) is 0 Å². The quantitative estimate of drug-likeness (QED) is 0.627. The highest BCUT2D eigenvalue weighted by Gasteiger charge is 2.24. The zero-order valence-corrected chi connectivity index (χ0v) is 18.0. The Balaban J connectivity index is 1.58. The molecule has 0 spiro atoms. The Morgan fingerprint density at radius 1 is 1.03 bits per heavy atom. The third kappa shape index (κ3) is 4.03. The molecule has 156 valence electrons. The molecule has 2 aromatic carbocycles. The Hall–Kier alpha value is -2.93. The zero-order chi connectivity index (χ0) is 21.3. The normalized spacial score (nSPS) is 14.3. The van der Waals surface area contributed by atoms with E-state index in [1.165, 1.54) is 6.20 Å². The minimum atomic E-state index is -3.67. The molecule has 0 bridgehead atoms. The maximum atomic E-state index is 13.1. The van der Waals surface area contributed by atoms with Crippen LogP contribution in [0.25, 0.3) is 5.69 Å². The molecule has 6 nitrogen and oxygen atoms in total. The van der Waals surface area contributed by atoms with E-state index in [-0.39, 0.29) is 16.8 Å². The molecule has 1 saturated heterocycles. The smallest absolute Gasteiger partial charge is 0.253 e. The second-order valence-electron chi connectivity index (χ2n) is 7.83. The van der Waals surface area contributed by atoms with Crippen molar-refractivity contribution >= 4 is 15.7 Å². The van der Waals surface area contributed by atoms with Crippen LogP contribution >= 0.6 is 0 Å². The molecule has 3 aromatic rings. The van der Waals surface area contributed by atoms with Crippen molar-refractivity contribution in [2.24, 2.45) is 0 Å². The van der Waals surface area contributed by atoms with Crippen molar-refractivity contribution in [2.75, 3.05) is 13.1 Å². The Kier molecular flexibility index (Phi) is 5.47. The summed E-state index contributed by atoms with van der Waals surface area (Å²) in [7, 11) is -3.67. The van der Waals surface area contributed by atoms with Gasteiger partial charge in [0, 0.05) is 31.0 Å². The van der Waals surface area contributed by atoms with Gasteiger partial charge in [-0.15, -0.1) is 0 Å². The average molecular weight is 424 g/mol. The summed E-state index contributed by atoms with van der Waals surface area (Å²) < 4.78 is 27.9. The van der Waals surface area contributed by atoms with Crippen LogP contribution in [0.2, 0.25) is 0 Å². The van der Waals surface area contributed by atoms with Gasteiger partial charge in [0.25, 0.3) is 5.91 Å². The van der Waals surface area contributed by atoms with E-state index in [1.54, 1.807) is 35.0 Å². The molecular formula is C23H25N3O3S. The van der Waals surface area contributed by atoms with Gasteiger partial charge in [-0.05, 0) is 61.6 Å². The first-order chi connectivity index (χ1) is 14.3. The van der Waals surface area contributed by atoms with E-state index in [2.05, 4.69) is 4.98 Å². The standard InChI is InChI=1S/C23H25N3O3S/c1-17-5-6-18(2)21(15-17)26-14-11-24-23(26)30(28,29)16-19-7-9-20(10-8-19)22(27)25-12-3-4-13-25/h5-11,14-15H,3-4,12-13,16H2,1-2H3. The van der Waals surface area contributed by atoms with Crippen LogP contribution in [0.4, 0.5) is 0 Å². The van der Waals surface area contributed by atoms with Crippen molar-refractivity contribution in [3.8, 4) is 5.69 Å². The predicted octanol–water partition coefficient (Wildman–Crippen LogP) is 3.70. The number of carbonyl (C=O) groups is 1. The first-order valence-corrected chi connectivity index (χ1v) is 11.7. The molecule has 30 heavy (non-hydrogen) atoms. The second-order valence-corrected chi connectivity index (χ2v) is 9.71. The first kappa shape index (κ1) is 20.3. The number of rotatable bonds is 5. The number of benzene rings is 2. The molecule has 0 unspecified atom stereocenters. The number of carbonyl (C=O) groups excluding carboxylic acids is 1. The van der Waals surface area contributed by atoms with E-state index in [0.717, 1.165) is 42.7 Å². The summed E-state index contributed by atoms with van der Waals surface area (Å²) >= 11 is 0. The highest BCUT2D eigenvalue weighted by atomic mass is 32.2. The van der Waals surface area contributed by atoms with Crippen molar-refractivity contribution in [1.82, 2.24) is 14.5 Å². The number of hydrogen-bond acceptors (Lipinski definition) is 4. The van der Waals surface area contributed by atoms with Gasteiger partial charge in [-0.25, -0.2) is 13.4 Å². The highest BCUT2D eigenvalue weighted by Crippen LogP contribution is 2.23. The Labute approximate surface area is 177 Å². The number of hydrogen-bond donors (Lipinski definition) is 0. The van der Waals surface area contributed by atoms with E-state index in [4.69, 9.17) is 0 Å². The van der Waals surface area contributed by atoms with E-state index >= 15 is 0 Å². The van der Waals surface area contributed by atoms with Crippen LogP contribution in [-0.2, 0) is 15.6 Å². The molecule has 0 N–H and O–H groups in total. The van der Waals surface area contributed by atoms with E-state index in [0.29, 0.717) is 11.1 Å². The molecule has 1 aliphatic heterocycles. The molecule has 4 rings (SSSR count). The molecule has 0 aliphatic carbocycles. The number of aromatic nitrogens is 2. The maximum Gasteiger partial charge on any atom is 0.253 e. The Bertz CT molecular complexity index is 1170. The highest BCUT2D eigenvalue weighted by molar-refractivity contribution is 7.90. The fourth-order valence-corrected chi connectivity index (χ4v) is 5.25. The summed E-state index contributed by atoms with van der Waals surface area (Å²) in [5, 5.41) is 0.0217. The zero-order valence-electron chi connectivity index (χ0n) is 17.2. The summed E-state index contributed by atoms with van der Waals surface area (Å²) in [6.45, 7) is 5.49. The minimum absolute atomic E-state index is 0.00683. The Morgan fingerprint density at radius 2 is 1.73 bits per heavy atom. The number of likely N-dealkylation sites (tertiary alicyclic amines) is 1. The van der Waals surface area contributed by atoms with E-state index in [9.17, 15) is 13.2 Å². The lowest BCUT2D eigenvalue weighted by Crippen LogP contribution is -2.27. The molecule has 1 aliphatic rings. The molecule has 1 fully saturated rings. The van der Waals surface area contributed by atoms with Crippen LogP contribution in [0.1, 0.15) is 39.9 Å². The summed E-state index contributed by atoms with van der Waals surface area (Å²) in [6.07, 6.45) is 5.25. The lowest BCUT2D eigenvalue weighted by Gasteiger charge is -2.15. The fourth-order valence-electron chi connectivity index (χ4n) is 3.81. The third-order valence-electron chi connectivity index (χ3n) is 5.46. The van der Waals surface area contributed by atoms with Crippen LogP contribution in [0.3, 0.4) is 0 Å². The third-order valence-corrected chi connectivity index (χ3v) is 7.03. The van der Waals surface area contributed by atoms with Crippen molar-refractivity contribution in [3.63, 3.8) is 0 Å². The van der Waals surface area contributed by atoms with Crippen LogP contribution in [0, 0.1) is 13.8 Å². The largest absolute Gasteiger partial charge is 0.339 e. The van der Waals surface area contributed by atoms with Crippen molar-refractivity contribution in [2.45, 2.75) is 37.6 Å². The molecule has 7 heteroatoms. The molecule has 0 saturated carbocycles. The molecular weight excluding hydrogens is 398 g/mol. The molecule has 1 aromatic heterocycles. The number of imidazole rings is 1. The second kappa shape index (κ2) is 8.07. The lowest BCUT2D eigenvalue weighted by molar-refractivity contribution is 0.0793. The number of sulfone groups is 1. The van der Waals surface area contributed by atoms with Gasteiger partial charge in [0.2, 0.25) is 15.0 Å². The van der Waals surface area contributed by atoms with Gasteiger partial charge < -0.3 is 4.90 Å². The summed E-state index contributed by atoms with van der Waals surface area (Å²) in [5.41, 5.74) is 4.04. The van der Waals surface area contributed by atoms with Crippen molar-refractivity contribution < 1.29 is 13.2 Å². The van der Waals surface area contributed by atoms with Crippen LogP contribution in [0.15, 0.2) is 60.0 Å². The van der Waals surface area contributed by atoms with Gasteiger partial charge in [0.15, 0.2) is 0 Å². The number of amides is 1. The number of aryl methyl sites for hydroxylation is 2. The van der Waals surface area contributed by atoms with Gasteiger partial charge in [-0.1, -0.05) is 24.3 Å². The SMILES string of the molecule is Cc1ccc(C)c(-n2ccnc2S(=O)(=O)Cc2ccc(C(=O)N3CCCC3)cc2)c1. The predicted molar refractivity (Wildman–Crippen MR) is 116 cm³/mol. The first-order valence-electron chi connectivity index (χ1n) is 10.1. The average Bonchev–Trinajstić information content (AvgIpc) is 3.42. The van der Waals surface area contributed by atoms with Crippen LogP contribution in [-0.4, -0.2) is 41.9 Å². The maximum absolute atomic E-state index is 13.1. The number of nitrogens with zero attached hydrogens (tertiary/aromatic N) is 3. The van der Waals surface area contributed by atoms with E-state index in [1.807, 2.05) is 36.9 Å². The minimum Gasteiger partial charge on any atom is -0.339 e. The van der Waals surface area contributed by atoms with Crippen molar-refractivity contribution in [3.05, 3.63) is 77.1 Å².